The second kappa shape index (κ2) is 12.0. The van der Waals surface area contributed by atoms with Gasteiger partial charge in [0.2, 0.25) is 17.7 Å². The van der Waals surface area contributed by atoms with E-state index in [1.807, 2.05) is 12.1 Å². The number of carboxylic acids is 1. The minimum atomic E-state index is -1.11. The number of carbonyl (C=O) groups excluding carboxylic acids is 2. The van der Waals surface area contributed by atoms with Crippen LogP contribution in [0.1, 0.15) is 48.5 Å². The predicted octanol–water partition coefficient (Wildman–Crippen LogP) is 4.58. The minimum Gasteiger partial charge on any atom is -0.490 e. The number of rotatable bonds is 9. The zero-order valence-electron chi connectivity index (χ0n) is 20.5. The highest BCUT2D eigenvalue weighted by atomic mass is 16.5. The van der Waals surface area contributed by atoms with E-state index in [4.69, 9.17) is 9.47 Å². The molecule has 3 aromatic rings. The second-order valence-corrected chi connectivity index (χ2v) is 8.95. The van der Waals surface area contributed by atoms with Crippen molar-refractivity contribution in [2.75, 3.05) is 5.32 Å². The quantitative estimate of drug-likeness (QED) is 0.390. The Bertz CT molecular complexity index is 1240. The summed E-state index contributed by atoms with van der Waals surface area (Å²) in [5.41, 5.74) is 0.941. The first-order valence-electron chi connectivity index (χ1n) is 12.1. The minimum absolute atomic E-state index is 0.00808. The number of carbonyl (C=O) groups is 3. The molecule has 1 heterocycles. The Morgan fingerprint density at radius 2 is 1.65 bits per heavy atom. The summed E-state index contributed by atoms with van der Waals surface area (Å²) in [5.74, 6) is 0.297. The van der Waals surface area contributed by atoms with Crippen molar-refractivity contribution in [1.82, 2.24) is 10.3 Å². The van der Waals surface area contributed by atoms with Crippen LogP contribution in [0.2, 0.25) is 0 Å². The SMILES string of the molecule is CC(=O)NC1CCC(Oc2ccc(Oc3ccc(CC(=O)Nc4ccccc4C(=O)O)cn3)cc2)CC1. The number of pyridine rings is 1. The molecule has 0 atom stereocenters. The lowest BCUT2D eigenvalue weighted by Crippen LogP contribution is -2.38. The summed E-state index contributed by atoms with van der Waals surface area (Å²) in [6.45, 7) is 1.54. The van der Waals surface area contributed by atoms with Gasteiger partial charge >= 0.3 is 5.97 Å². The molecule has 9 nitrogen and oxygen atoms in total. The molecule has 0 spiro atoms. The fourth-order valence-electron chi connectivity index (χ4n) is 4.25. The predicted molar refractivity (Wildman–Crippen MR) is 137 cm³/mol. The number of carboxylic acid groups (broad SMARTS) is 1. The number of benzene rings is 2. The van der Waals surface area contributed by atoms with E-state index >= 15 is 0 Å². The lowest BCUT2D eigenvalue weighted by molar-refractivity contribution is -0.120. The van der Waals surface area contributed by atoms with Crippen molar-refractivity contribution in [3.63, 3.8) is 0 Å². The Hall–Kier alpha value is -4.40. The average molecular weight is 504 g/mol. The highest BCUT2D eigenvalue weighted by Gasteiger charge is 2.22. The number of nitrogens with one attached hydrogen (secondary N) is 2. The largest absolute Gasteiger partial charge is 0.490 e. The smallest absolute Gasteiger partial charge is 0.337 e. The second-order valence-electron chi connectivity index (χ2n) is 8.95. The molecule has 2 amide bonds. The molecule has 1 fully saturated rings. The van der Waals surface area contributed by atoms with Gasteiger partial charge in [-0.2, -0.15) is 0 Å². The van der Waals surface area contributed by atoms with Crippen LogP contribution in [0.5, 0.6) is 17.4 Å². The van der Waals surface area contributed by atoms with Crippen LogP contribution in [0.15, 0.2) is 66.9 Å². The van der Waals surface area contributed by atoms with E-state index < -0.39 is 5.97 Å². The van der Waals surface area contributed by atoms with Gasteiger partial charge in [0.05, 0.1) is 23.8 Å². The van der Waals surface area contributed by atoms with Crippen LogP contribution in [-0.2, 0) is 16.0 Å². The number of anilines is 1. The number of hydrogen-bond donors (Lipinski definition) is 3. The molecule has 1 aliphatic rings. The first kappa shape index (κ1) is 25.7. The number of nitrogens with zero attached hydrogens (tertiary/aromatic N) is 1. The zero-order valence-corrected chi connectivity index (χ0v) is 20.5. The standard InChI is InChI=1S/C28H29N3O6/c1-18(32)30-20-7-9-21(10-8-20)36-22-11-13-23(14-12-22)37-27-15-6-19(17-29-27)16-26(33)31-25-5-3-2-4-24(25)28(34)35/h2-6,11-15,17,20-21H,7-10,16H2,1H3,(H,30,32)(H,31,33)(H,34,35). The summed E-state index contributed by atoms with van der Waals surface area (Å²) in [7, 11) is 0. The lowest BCUT2D eigenvalue weighted by Gasteiger charge is -2.29. The number of aromatic carboxylic acids is 1. The van der Waals surface area contributed by atoms with Gasteiger partial charge in [-0.1, -0.05) is 18.2 Å². The Kier molecular flexibility index (Phi) is 8.35. The number of para-hydroxylation sites is 1. The molecule has 4 rings (SSSR count). The van der Waals surface area contributed by atoms with Crippen LogP contribution in [0.4, 0.5) is 5.69 Å². The van der Waals surface area contributed by atoms with Gasteiger partial charge in [0.25, 0.3) is 0 Å². The molecular weight excluding hydrogens is 474 g/mol. The molecule has 1 aromatic heterocycles. The van der Waals surface area contributed by atoms with Crippen LogP contribution < -0.4 is 20.1 Å². The highest BCUT2D eigenvalue weighted by molar-refractivity contribution is 6.00. The highest BCUT2D eigenvalue weighted by Crippen LogP contribution is 2.27. The van der Waals surface area contributed by atoms with E-state index in [-0.39, 0.29) is 41.6 Å². The van der Waals surface area contributed by atoms with Gasteiger partial charge in [0.1, 0.15) is 11.5 Å². The van der Waals surface area contributed by atoms with Gasteiger partial charge in [-0.15, -0.1) is 0 Å². The first-order chi connectivity index (χ1) is 17.9. The van der Waals surface area contributed by atoms with E-state index in [0.717, 1.165) is 31.4 Å². The van der Waals surface area contributed by atoms with Gasteiger partial charge in [0.15, 0.2) is 0 Å². The van der Waals surface area contributed by atoms with Crippen LogP contribution >= 0.6 is 0 Å². The van der Waals surface area contributed by atoms with Gasteiger partial charge in [-0.3, -0.25) is 9.59 Å². The van der Waals surface area contributed by atoms with E-state index in [1.165, 1.54) is 6.07 Å². The van der Waals surface area contributed by atoms with Crippen LogP contribution in [0, 0.1) is 0 Å². The monoisotopic (exact) mass is 503 g/mol. The third kappa shape index (κ3) is 7.54. The molecule has 1 saturated carbocycles. The maximum absolute atomic E-state index is 12.4. The lowest BCUT2D eigenvalue weighted by atomic mass is 9.93. The molecule has 0 aliphatic heterocycles. The van der Waals surface area contributed by atoms with Crippen molar-refractivity contribution in [3.8, 4) is 17.4 Å². The summed E-state index contributed by atoms with van der Waals surface area (Å²) in [6.07, 6.45) is 5.31. The molecule has 2 aromatic carbocycles. The third-order valence-corrected chi connectivity index (χ3v) is 6.02. The van der Waals surface area contributed by atoms with Crippen molar-refractivity contribution in [3.05, 3.63) is 78.0 Å². The number of amides is 2. The van der Waals surface area contributed by atoms with Gasteiger partial charge in [-0.25, -0.2) is 9.78 Å². The van der Waals surface area contributed by atoms with E-state index in [1.54, 1.807) is 55.6 Å². The maximum atomic E-state index is 12.4. The van der Waals surface area contributed by atoms with Gasteiger partial charge in [-0.05, 0) is 67.6 Å². The zero-order chi connectivity index (χ0) is 26.2. The number of aromatic nitrogens is 1. The molecule has 9 heteroatoms. The summed E-state index contributed by atoms with van der Waals surface area (Å²) in [5, 5.41) is 14.8. The van der Waals surface area contributed by atoms with E-state index in [2.05, 4.69) is 15.6 Å². The van der Waals surface area contributed by atoms with Crippen molar-refractivity contribution in [2.45, 2.75) is 51.2 Å². The fourth-order valence-corrected chi connectivity index (χ4v) is 4.25. The Balaban J connectivity index is 1.25. The van der Waals surface area contributed by atoms with Crippen molar-refractivity contribution < 1.29 is 29.0 Å². The molecule has 1 aliphatic carbocycles. The molecule has 0 radical (unpaired) electrons. The molecule has 37 heavy (non-hydrogen) atoms. The van der Waals surface area contributed by atoms with Gasteiger partial charge < -0.3 is 25.2 Å². The fraction of sp³-hybridized carbons (Fsp3) is 0.286. The van der Waals surface area contributed by atoms with Crippen LogP contribution in [0.3, 0.4) is 0 Å². The normalized spacial score (nSPS) is 16.9. The van der Waals surface area contributed by atoms with Crippen LogP contribution in [-0.4, -0.2) is 40.0 Å². The molecular formula is C28H29N3O6. The number of hydrogen-bond acceptors (Lipinski definition) is 6. The van der Waals surface area contributed by atoms with Gasteiger partial charge in [0, 0.05) is 25.2 Å². The van der Waals surface area contributed by atoms with Crippen molar-refractivity contribution >= 4 is 23.5 Å². The van der Waals surface area contributed by atoms with Crippen molar-refractivity contribution in [1.29, 1.82) is 0 Å². The molecule has 0 bridgehead atoms. The molecule has 0 saturated heterocycles. The number of ether oxygens (including phenoxy) is 2. The molecule has 3 N–H and O–H groups in total. The topological polar surface area (TPSA) is 127 Å². The molecule has 0 unspecified atom stereocenters. The Labute approximate surface area is 214 Å². The Morgan fingerprint density at radius 1 is 0.946 bits per heavy atom. The maximum Gasteiger partial charge on any atom is 0.337 e. The van der Waals surface area contributed by atoms with Crippen LogP contribution in [0.25, 0.3) is 0 Å². The van der Waals surface area contributed by atoms with E-state index in [0.29, 0.717) is 17.2 Å². The Morgan fingerprint density at radius 3 is 2.30 bits per heavy atom. The van der Waals surface area contributed by atoms with E-state index in [9.17, 15) is 19.5 Å². The summed E-state index contributed by atoms with van der Waals surface area (Å²) >= 11 is 0. The van der Waals surface area contributed by atoms with Crippen molar-refractivity contribution in [2.24, 2.45) is 0 Å². The average Bonchev–Trinajstić information content (AvgIpc) is 2.87. The molecule has 192 valence electrons. The summed E-state index contributed by atoms with van der Waals surface area (Å²) < 4.78 is 11.9. The first-order valence-corrected chi connectivity index (χ1v) is 12.1. The summed E-state index contributed by atoms with van der Waals surface area (Å²) in [6, 6.07) is 17.2. The summed E-state index contributed by atoms with van der Waals surface area (Å²) in [4.78, 5) is 39.1. The third-order valence-electron chi connectivity index (χ3n) is 6.02.